The quantitative estimate of drug-likeness (QED) is 0.542. The third-order valence-electron chi connectivity index (χ3n) is 3.21. The first-order valence-electron chi connectivity index (χ1n) is 5.99. The number of rotatable bonds is 4. The molecule has 1 fully saturated rings. The lowest BCUT2D eigenvalue weighted by atomic mass is 9.80. The molecular formula is C12H23NO. The van der Waals surface area contributed by atoms with E-state index in [9.17, 15) is 0 Å². The van der Waals surface area contributed by atoms with Gasteiger partial charge in [0.05, 0.1) is 6.61 Å². The fourth-order valence-electron chi connectivity index (χ4n) is 2.39. The molecule has 1 saturated carbocycles. The van der Waals surface area contributed by atoms with Crippen LogP contribution >= 0.6 is 0 Å². The van der Waals surface area contributed by atoms with Crippen LogP contribution in [0.25, 0.3) is 0 Å². The van der Waals surface area contributed by atoms with Gasteiger partial charge in [-0.25, -0.2) is 0 Å². The Kier molecular flexibility index (Phi) is 4.99. The molecule has 0 aromatic heterocycles. The van der Waals surface area contributed by atoms with Crippen LogP contribution in [0.15, 0.2) is 0 Å². The van der Waals surface area contributed by atoms with Crippen LogP contribution in [0.2, 0.25) is 0 Å². The van der Waals surface area contributed by atoms with Gasteiger partial charge in [0.15, 0.2) is 5.90 Å². The lowest BCUT2D eigenvalue weighted by Gasteiger charge is -2.28. The third kappa shape index (κ3) is 3.32. The summed E-state index contributed by atoms with van der Waals surface area (Å²) in [5.41, 5.74) is 0. The molecule has 0 aromatic rings. The summed E-state index contributed by atoms with van der Waals surface area (Å²) < 4.78 is 5.26. The first-order valence-corrected chi connectivity index (χ1v) is 5.99. The van der Waals surface area contributed by atoms with E-state index in [-0.39, 0.29) is 0 Å². The van der Waals surface area contributed by atoms with Gasteiger partial charge < -0.3 is 4.74 Å². The van der Waals surface area contributed by atoms with E-state index >= 15 is 0 Å². The molecule has 2 nitrogen and oxygen atoms in total. The molecular weight excluding hydrogens is 174 g/mol. The molecule has 0 aromatic carbocycles. The Morgan fingerprint density at radius 3 is 2.36 bits per heavy atom. The molecule has 0 bridgehead atoms. The highest BCUT2D eigenvalue weighted by atomic mass is 16.5. The summed E-state index contributed by atoms with van der Waals surface area (Å²) in [6.45, 7) is 4.86. The Morgan fingerprint density at radius 1 is 1.21 bits per heavy atom. The van der Waals surface area contributed by atoms with Crippen LogP contribution in [0.4, 0.5) is 0 Å². The van der Waals surface area contributed by atoms with E-state index in [1.165, 1.54) is 38.5 Å². The molecule has 1 aliphatic carbocycles. The molecule has 0 spiro atoms. The van der Waals surface area contributed by atoms with Crippen LogP contribution in [-0.2, 0) is 4.74 Å². The molecule has 2 heteroatoms. The predicted octanol–water partition coefficient (Wildman–Crippen LogP) is 3.61. The van der Waals surface area contributed by atoms with E-state index in [2.05, 4.69) is 6.92 Å². The molecule has 14 heavy (non-hydrogen) atoms. The van der Waals surface area contributed by atoms with Gasteiger partial charge in [0.1, 0.15) is 0 Å². The second-order valence-electron chi connectivity index (χ2n) is 4.30. The van der Waals surface area contributed by atoms with Crippen molar-refractivity contribution in [2.75, 3.05) is 6.61 Å². The van der Waals surface area contributed by atoms with Crippen LogP contribution < -0.4 is 0 Å². The van der Waals surface area contributed by atoms with Crippen molar-refractivity contribution < 1.29 is 4.74 Å². The van der Waals surface area contributed by atoms with Crippen molar-refractivity contribution >= 4 is 5.90 Å². The van der Waals surface area contributed by atoms with Crippen molar-refractivity contribution in [1.29, 1.82) is 5.41 Å². The van der Waals surface area contributed by atoms with E-state index in [1.54, 1.807) is 0 Å². The van der Waals surface area contributed by atoms with Gasteiger partial charge in [-0.05, 0) is 38.5 Å². The molecule has 0 atom stereocenters. The highest BCUT2D eigenvalue weighted by molar-refractivity contribution is 5.75. The standard InChI is InChI=1S/C12H23NO/c1-3-5-10-6-8-11(9-7-10)12(13)14-4-2/h10-11,13H,3-9H2,1-2H3. The maximum Gasteiger partial charge on any atom is 0.183 e. The molecule has 1 aliphatic rings. The van der Waals surface area contributed by atoms with Gasteiger partial charge in [-0.1, -0.05) is 19.8 Å². The zero-order chi connectivity index (χ0) is 10.4. The van der Waals surface area contributed by atoms with Crippen molar-refractivity contribution in [3.8, 4) is 0 Å². The Balaban J connectivity index is 2.24. The fraction of sp³-hybridized carbons (Fsp3) is 0.917. The van der Waals surface area contributed by atoms with E-state index in [0.29, 0.717) is 18.4 Å². The first-order chi connectivity index (χ1) is 6.77. The predicted molar refractivity (Wildman–Crippen MR) is 59.7 cm³/mol. The Labute approximate surface area is 87.5 Å². The Morgan fingerprint density at radius 2 is 1.86 bits per heavy atom. The summed E-state index contributed by atoms with van der Waals surface area (Å²) in [7, 11) is 0. The van der Waals surface area contributed by atoms with Gasteiger partial charge in [-0.3, -0.25) is 5.41 Å². The van der Waals surface area contributed by atoms with E-state index in [1.807, 2.05) is 6.92 Å². The van der Waals surface area contributed by atoms with Crippen LogP contribution in [0.1, 0.15) is 52.4 Å². The van der Waals surface area contributed by atoms with Crippen LogP contribution in [0, 0.1) is 17.2 Å². The lowest BCUT2D eigenvalue weighted by Crippen LogP contribution is -2.23. The third-order valence-corrected chi connectivity index (χ3v) is 3.21. The highest BCUT2D eigenvalue weighted by Crippen LogP contribution is 2.32. The van der Waals surface area contributed by atoms with Gasteiger partial charge in [0.2, 0.25) is 0 Å². The normalized spacial score (nSPS) is 27.3. The van der Waals surface area contributed by atoms with Crippen molar-refractivity contribution in [2.45, 2.75) is 52.4 Å². The van der Waals surface area contributed by atoms with Crippen LogP contribution in [0.5, 0.6) is 0 Å². The summed E-state index contributed by atoms with van der Waals surface area (Å²) in [6.07, 6.45) is 7.61. The zero-order valence-electron chi connectivity index (χ0n) is 9.51. The summed E-state index contributed by atoms with van der Waals surface area (Å²) in [6, 6.07) is 0. The van der Waals surface area contributed by atoms with Crippen molar-refractivity contribution in [3.05, 3.63) is 0 Å². The maximum absolute atomic E-state index is 7.73. The minimum absolute atomic E-state index is 0.419. The summed E-state index contributed by atoms with van der Waals surface area (Å²) in [5, 5.41) is 7.73. The first kappa shape index (κ1) is 11.5. The number of nitrogens with one attached hydrogen (secondary N) is 1. The molecule has 0 saturated heterocycles. The largest absolute Gasteiger partial charge is 0.481 e. The van der Waals surface area contributed by atoms with Gasteiger partial charge >= 0.3 is 0 Å². The molecule has 0 radical (unpaired) electrons. The average molecular weight is 197 g/mol. The van der Waals surface area contributed by atoms with Gasteiger partial charge in [-0.15, -0.1) is 0 Å². The monoisotopic (exact) mass is 197 g/mol. The smallest absolute Gasteiger partial charge is 0.183 e. The summed E-state index contributed by atoms with van der Waals surface area (Å²) in [4.78, 5) is 0. The summed E-state index contributed by atoms with van der Waals surface area (Å²) >= 11 is 0. The minimum Gasteiger partial charge on any atom is -0.481 e. The van der Waals surface area contributed by atoms with Crippen molar-refractivity contribution in [2.24, 2.45) is 11.8 Å². The zero-order valence-corrected chi connectivity index (χ0v) is 9.51. The molecule has 82 valence electrons. The number of hydrogen-bond acceptors (Lipinski definition) is 2. The molecule has 0 heterocycles. The van der Waals surface area contributed by atoms with Gasteiger partial charge in [-0.2, -0.15) is 0 Å². The van der Waals surface area contributed by atoms with E-state index < -0.39 is 0 Å². The molecule has 0 unspecified atom stereocenters. The van der Waals surface area contributed by atoms with E-state index in [0.717, 1.165) is 5.92 Å². The van der Waals surface area contributed by atoms with Crippen molar-refractivity contribution in [3.63, 3.8) is 0 Å². The SMILES string of the molecule is CCCC1CCC(C(=N)OCC)CC1. The minimum atomic E-state index is 0.419. The molecule has 0 aliphatic heterocycles. The molecule has 0 amide bonds. The number of hydrogen-bond donors (Lipinski definition) is 1. The number of ether oxygens (including phenoxy) is 1. The molecule has 1 rings (SSSR count). The fourth-order valence-corrected chi connectivity index (χ4v) is 2.39. The van der Waals surface area contributed by atoms with Crippen LogP contribution in [-0.4, -0.2) is 12.5 Å². The van der Waals surface area contributed by atoms with Gasteiger partial charge in [0.25, 0.3) is 0 Å². The molecule has 1 N–H and O–H groups in total. The average Bonchev–Trinajstić information content (AvgIpc) is 2.20. The maximum atomic E-state index is 7.73. The van der Waals surface area contributed by atoms with Gasteiger partial charge in [0, 0.05) is 5.92 Å². The Bertz CT molecular complexity index is 171. The lowest BCUT2D eigenvalue weighted by molar-refractivity contribution is 0.245. The second kappa shape index (κ2) is 6.05. The summed E-state index contributed by atoms with van der Waals surface area (Å²) in [5.74, 6) is 1.87. The topological polar surface area (TPSA) is 33.1 Å². The van der Waals surface area contributed by atoms with Crippen LogP contribution in [0.3, 0.4) is 0 Å². The van der Waals surface area contributed by atoms with Crippen molar-refractivity contribution in [1.82, 2.24) is 0 Å². The Hall–Kier alpha value is -0.530. The van der Waals surface area contributed by atoms with E-state index in [4.69, 9.17) is 10.1 Å². The highest BCUT2D eigenvalue weighted by Gasteiger charge is 2.24. The second-order valence-corrected chi connectivity index (χ2v) is 4.30.